The highest BCUT2D eigenvalue weighted by Gasteiger charge is 2.21. The van der Waals surface area contributed by atoms with Gasteiger partial charge in [0.25, 0.3) is 5.91 Å². The first-order chi connectivity index (χ1) is 14.4. The summed E-state index contributed by atoms with van der Waals surface area (Å²) in [5, 5.41) is 8.12. The Morgan fingerprint density at radius 3 is 2.53 bits per heavy atom. The molecular weight excluding hydrogens is 384 g/mol. The van der Waals surface area contributed by atoms with Crippen LogP contribution in [-0.2, 0) is 7.05 Å². The molecule has 0 aliphatic carbocycles. The molecule has 0 aliphatic heterocycles. The second-order valence-corrected chi connectivity index (χ2v) is 6.92. The monoisotopic (exact) mass is 406 g/mol. The molecule has 3 heterocycles. The quantitative estimate of drug-likeness (QED) is 0.536. The summed E-state index contributed by atoms with van der Waals surface area (Å²) in [7, 11) is 4.93. The van der Waals surface area contributed by atoms with Gasteiger partial charge in [0.05, 0.1) is 37.1 Å². The maximum absolute atomic E-state index is 13.3. The lowest BCUT2D eigenvalue weighted by Crippen LogP contribution is -2.14. The van der Waals surface area contributed by atoms with E-state index in [4.69, 9.17) is 13.9 Å². The molecule has 0 atom stereocenters. The molecule has 4 rings (SSSR count). The number of ether oxygens (including phenoxy) is 2. The molecule has 0 radical (unpaired) electrons. The van der Waals surface area contributed by atoms with Crippen molar-refractivity contribution in [3.8, 4) is 23.0 Å². The van der Waals surface area contributed by atoms with Crippen LogP contribution >= 0.6 is 0 Å². The number of hydrogen-bond acceptors (Lipinski definition) is 6. The van der Waals surface area contributed by atoms with Crippen molar-refractivity contribution in [3.05, 3.63) is 53.4 Å². The minimum absolute atomic E-state index is 0.276. The number of nitrogens with zero attached hydrogens (tertiary/aromatic N) is 3. The fourth-order valence-corrected chi connectivity index (χ4v) is 3.48. The van der Waals surface area contributed by atoms with Crippen LogP contribution in [0.4, 0.5) is 5.69 Å². The molecule has 0 saturated carbocycles. The molecule has 8 nitrogen and oxygen atoms in total. The Labute approximate surface area is 173 Å². The van der Waals surface area contributed by atoms with E-state index in [1.165, 1.54) is 0 Å². The van der Waals surface area contributed by atoms with Crippen molar-refractivity contribution < 1.29 is 18.7 Å². The smallest absolute Gasteiger partial charge is 0.256 e. The van der Waals surface area contributed by atoms with Gasteiger partial charge in [-0.3, -0.25) is 9.48 Å². The largest absolute Gasteiger partial charge is 0.493 e. The van der Waals surface area contributed by atoms with Gasteiger partial charge in [-0.25, -0.2) is 4.98 Å². The molecule has 0 fully saturated rings. The molecule has 0 bridgehead atoms. The van der Waals surface area contributed by atoms with Crippen LogP contribution in [0, 0.1) is 13.8 Å². The number of pyridine rings is 1. The Balaban J connectivity index is 1.82. The Bertz CT molecular complexity index is 1240. The Hall–Kier alpha value is -3.81. The van der Waals surface area contributed by atoms with Crippen LogP contribution in [0.5, 0.6) is 11.5 Å². The number of aryl methyl sites for hydroxylation is 3. The van der Waals surface area contributed by atoms with Gasteiger partial charge < -0.3 is 19.2 Å². The Morgan fingerprint density at radius 1 is 1.13 bits per heavy atom. The second-order valence-electron chi connectivity index (χ2n) is 6.92. The van der Waals surface area contributed by atoms with Crippen LogP contribution < -0.4 is 14.8 Å². The summed E-state index contributed by atoms with van der Waals surface area (Å²) in [5.41, 5.74) is 3.83. The van der Waals surface area contributed by atoms with E-state index in [0.29, 0.717) is 45.2 Å². The molecule has 4 aromatic rings. The minimum atomic E-state index is -0.276. The number of methoxy groups -OCH3 is 2. The van der Waals surface area contributed by atoms with Crippen LogP contribution in [0.25, 0.3) is 22.5 Å². The highest BCUT2D eigenvalue weighted by Crippen LogP contribution is 2.34. The lowest BCUT2D eigenvalue weighted by Gasteiger charge is -2.14. The van der Waals surface area contributed by atoms with E-state index < -0.39 is 0 Å². The highest BCUT2D eigenvalue weighted by atomic mass is 16.5. The van der Waals surface area contributed by atoms with Crippen molar-refractivity contribution >= 4 is 22.6 Å². The van der Waals surface area contributed by atoms with Crippen LogP contribution in [0.2, 0.25) is 0 Å². The average molecular weight is 406 g/mol. The molecule has 3 aromatic heterocycles. The molecule has 154 valence electrons. The number of anilines is 1. The first-order valence-electron chi connectivity index (χ1n) is 9.35. The van der Waals surface area contributed by atoms with E-state index in [9.17, 15) is 4.79 Å². The molecule has 0 spiro atoms. The molecular formula is C22H22N4O4. The summed E-state index contributed by atoms with van der Waals surface area (Å²) in [6, 6.07) is 8.87. The first kappa shape index (κ1) is 19.5. The van der Waals surface area contributed by atoms with Gasteiger partial charge in [-0.2, -0.15) is 5.10 Å². The Morgan fingerprint density at radius 2 is 1.87 bits per heavy atom. The third-order valence-electron chi connectivity index (χ3n) is 4.97. The van der Waals surface area contributed by atoms with Crippen LogP contribution in [0.15, 0.2) is 41.0 Å². The number of fused-ring (bicyclic) bond motifs is 1. The third-order valence-corrected chi connectivity index (χ3v) is 4.97. The van der Waals surface area contributed by atoms with Gasteiger partial charge in [0.2, 0.25) is 0 Å². The number of carbonyl (C=O) groups is 1. The number of hydrogen-bond donors (Lipinski definition) is 1. The minimum Gasteiger partial charge on any atom is -0.493 e. The van der Waals surface area contributed by atoms with E-state index in [1.807, 2.05) is 19.9 Å². The van der Waals surface area contributed by atoms with E-state index >= 15 is 0 Å². The van der Waals surface area contributed by atoms with Crippen LogP contribution in [0.1, 0.15) is 21.6 Å². The van der Waals surface area contributed by atoms with Crippen molar-refractivity contribution in [2.24, 2.45) is 7.05 Å². The van der Waals surface area contributed by atoms with Gasteiger partial charge in [0.1, 0.15) is 5.69 Å². The highest BCUT2D eigenvalue weighted by molar-refractivity contribution is 6.13. The zero-order chi connectivity index (χ0) is 21.4. The number of aromatic nitrogens is 3. The lowest BCUT2D eigenvalue weighted by atomic mass is 10.1. The van der Waals surface area contributed by atoms with Gasteiger partial charge in [0.15, 0.2) is 22.9 Å². The lowest BCUT2D eigenvalue weighted by molar-refractivity contribution is 0.102. The molecule has 0 unspecified atom stereocenters. The molecule has 0 aliphatic rings. The predicted octanol–water partition coefficient (Wildman–Crippen LogP) is 4.11. The standard InChI is InChI=1S/C22H22N4O4/c1-12-9-18(28-4)19(29-5)11-15(12)24-22(27)14-10-16(17-7-6-8-30-17)23-21-20(14)13(2)25-26(21)3/h6-11H,1-5H3,(H,24,27). The molecule has 8 heteroatoms. The van der Waals surface area contributed by atoms with E-state index in [-0.39, 0.29) is 5.91 Å². The SMILES string of the molecule is COc1cc(C)c(NC(=O)c2cc(-c3ccco3)nc3c2c(C)nn3C)cc1OC. The number of carbonyl (C=O) groups excluding carboxylic acids is 1. The maximum Gasteiger partial charge on any atom is 0.256 e. The van der Waals surface area contributed by atoms with Crippen molar-refractivity contribution in [2.45, 2.75) is 13.8 Å². The molecule has 30 heavy (non-hydrogen) atoms. The zero-order valence-electron chi connectivity index (χ0n) is 17.4. The summed E-state index contributed by atoms with van der Waals surface area (Å²) in [4.78, 5) is 18.0. The Kier molecular flexibility index (Phi) is 4.91. The van der Waals surface area contributed by atoms with E-state index in [2.05, 4.69) is 15.4 Å². The third kappa shape index (κ3) is 3.26. The summed E-state index contributed by atoms with van der Waals surface area (Å²) >= 11 is 0. The second kappa shape index (κ2) is 7.55. The number of furan rings is 1. The van der Waals surface area contributed by atoms with E-state index in [0.717, 1.165) is 11.3 Å². The van der Waals surface area contributed by atoms with Crippen molar-refractivity contribution in [2.75, 3.05) is 19.5 Å². The van der Waals surface area contributed by atoms with E-state index in [1.54, 1.807) is 56.5 Å². The summed E-state index contributed by atoms with van der Waals surface area (Å²) in [6.45, 7) is 3.75. The van der Waals surface area contributed by atoms with Gasteiger partial charge >= 0.3 is 0 Å². The fraction of sp³-hybridized carbons (Fsp3) is 0.227. The zero-order valence-corrected chi connectivity index (χ0v) is 17.4. The normalized spacial score (nSPS) is 11.0. The van der Waals surface area contributed by atoms with Gasteiger partial charge in [0, 0.05) is 18.8 Å². The topological polar surface area (TPSA) is 91.4 Å². The average Bonchev–Trinajstić information content (AvgIpc) is 3.37. The number of nitrogens with one attached hydrogen (secondary N) is 1. The van der Waals surface area contributed by atoms with Crippen molar-refractivity contribution in [1.29, 1.82) is 0 Å². The summed E-state index contributed by atoms with van der Waals surface area (Å²) < 4.78 is 17.8. The molecule has 1 N–H and O–H groups in total. The van der Waals surface area contributed by atoms with Crippen molar-refractivity contribution in [1.82, 2.24) is 14.8 Å². The van der Waals surface area contributed by atoms with Crippen molar-refractivity contribution in [3.63, 3.8) is 0 Å². The predicted molar refractivity (Wildman–Crippen MR) is 113 cm³/mol. The number of benzene rings is 1. The van der Waals surface area contributed by atoms with Gasteiger partial charge in [-0.15, -0.1) is 0 Å². The van der Waals surface area contributed by atoms with Crippen LogP contribution in [0.3, 0.4) is 0 Å². The fourth-order valence-electron chi connectivity index (χ4n) is 3.48. The number of amides is 1. The maximum atomic E-state index is 13.3. The summed E-state index contributed by atoms with van der Waals surface area (Å²) in [6.07, 6.45) is 1.57. The van der Waals surface area contributed by atoms with Gasteiger partial charge in [-0.1, -0.05) is 0 Å². The van der Waals surface area contributed by atoms with Gasteiger partial charge in [-0.05, 0) is 43.7 Å². The number of rotatable bonds is 5. The molecule has 1 amide bonds. The summed E-state index contributed by atoms with van der Waals surface area (Å²) in [5.74, 6) is 1.43. The molecule has 0 saturated heterocycles. The first-order valence-corrected chi connectivity index (χ1v) is 9.35. The van der Waals surface area contributed by atoms with Crippen LogP contribution in [-0.4, -0.2) is 34.9 Å². The molecule has 1 aromatic carbocycles.